The van der Waals surface area contributed by atoms with Crippen LogP contribution in [-0.2, 0) is 20.9 Å². The zero-order valence-electron chi connectivity index (χ0n) is 23.0. The lowest BCUT2D eigenvalue weighted by molar-refractivity contribution is -0.165. The highest BCUT2D eigenvalue weighted by molar-refractivity contribution is 6.09. The summed E-state index contributed by atoms with van der Waals surface area (Å²) in [6, 6.07) is 11.6. The number of halogens is 1. The van der Waals surface area contributed by atoms with Gasteiger partial charge in [0.2, 0.25) is 0 Å². The monoisotopic (exact) mass is 535 g/mol. The molecular weight excluding hydrogens is 501 g/mol. The molecule has 0 spiro atoms. The third-order valence-corrected chi connectivity index (χ3v) is 9.09. The normalized spacial score (nSPS) is 23.1. The first-order valence-electron chi connectivity index (χ1n) is 13.4. The number of aromatic nitrogens is 1. The fourth-order valence-corrected chi connectivity index (χ4v) is 5.99. The fourth-order valence-electron chi connectivity index (χ4n) is 5.99. The van der Waals surface area contributed by atoms with Crippen molar-refractivity contribution in [3.8, 4) is 5.75 Å². The third kappa shape index (κ3) is 3.97. The standard InChI is InChI=1S/C30H34FN3O5/c1-6-33(7-2)27(37)38-23-13-12-22-21(14-17-34(22)18-19-8-10-20(31)11-9-19)24(23)32-25(35)30-16-15-29(5,26(36)39-30)28(30,3)4/h8-14,17H,6-7,15-16,18H2,1-5H3,(H,32,35)/t29-,30?/m0/s1. The molecule has 2 aliphatic rings. The Labute approximate surface area is 227 Å². The van der Waals surface area contributed by atoms with Crippen LogP contribution in [0.25, 0.3) is 10.9 Å². The molecule has 1 saturated carbocycles. The molecule has 8 nitrogen and oxygen atoms in total. The van der Waals surface area contributed by atoms with E-state index in [1.807, 2.05) is 57.5 Å². The summed E-state index contributed by atoms with van der Waals surface area (Å²) in [6.07, 6.45) is 2.29. The third-order valence-electron chi connectivity index (χ3n) is 9.09. The zero-order chi connectivity index (χ0) is 28.2. The van der Waals surface area contributed by atoms with Crippen LogP contribution in [-0.4, -0.2) is 46.1 Å². The van der Waals surface area contributed by atoms with Gasteiger partial charge in [-0.15, -0.1) is 0 Å². The number of esters is 1. The van der Waals surface area contributed by atoms with Crippen LogP contribution in [0.15, 0.2) is 48.7 Å². The number of fused-ring (bicyclic) bond motifs is 3. The van der Waals surface area contributed by atoms with Gasteiger partial charge < -0.3 is 24.3 Å². The molecule has 1 aliphatic carbocycles. The van der Waals surface area contributed by atoms with Gasteiger partial charge >= 0.3 is 12.1 Å². The number of anilines is 1. The Morgan fingerprint density at radius 1 is 1.05 bits per heavy atom. The molecule has 1 aliphatic heterocycles. The van der Waals surface area contributed by atoms with Crippen molar-refractivity contribution in [1.29, 1.82) is 0 Å². The lowest BCUT2D eigenvalue weighted by Gasteiger charge is -2.35. The fraction of sp³-hybridized carbons (Fsp3) is 0.433. The van der Waals surface area contributed by atoms with E-state index in [1.54, 1.807) is 23.1 Å². The van der Waals surface area contributed by atoms with Crippen LogP contribution in [0.2, 0.25) is 0 Å². The second kappa shape index (κ2) is 9.39. The van der Waals surface area contributed by atoms with E-state index in [4.69, 9.17) is 9.47 Å². The number of nitrogens with one attached hydrogen (secondary N) is 1. The molecule has 2 bridgehead atoms. The quantitative estimate of drug-likeness (QED) is 0.390. The van der Waals surface area contributed by atoms with Gasteiger partial charge in [-0.1, -0.05) is 26.0 Å². The van der Waals surface area contributed by atoms with Gasteiger partial charge in [0.1, 0.15) is 5.82 Å². The van der Waals surface area contributed by atoms with Gasteiger partial charge in [-0.3, -0.25) is 9.59 Å². The van der Waals surface area contributed by atoms with Crippen molar-refractivity contribution < 1.29 is 28.2 Å². The predicted molar refractivity (Wildman–Crippen MR) is 145 cm³/mol. The Morgan fingerprint density at radius 3 is 2.33 bits per heavy atom. The van der Waals surface area contributed by atoms with E-state index >= 15 is 0 Å². The average Bonchev–Trinajstić information content (AvgIpc) is 3.44. The van der Waals surface area contributed by atoms with Crippen LogP contribution < -0.4 is 10.1 Å². The Bertz CT molecular complexity index is 1460. The first-order chi connectivity index (χ1) is 18.5. The molecule has 1 N–H and O–H groups in total. The van der Waals surface area contributed by atoms with Crippen LogP contribution in [0.1, 0.15) is 53.0 Å². The van der Waals surface area contributed by atoms with Crippen molar-refractivity contribution in [3.63, 3.8) is 0 Å². The lowest BCUT2D eigenvalue weighted by Crippen LogP contribution is -2.50. The van der Waals surface area contributed by atoms with Gasteiger partial charge in [-0.2, -0.15) is 0 Å². The Morgan fingerprint density at radius 2 is 1.74 bits per heavy atom. The highest BCUT2D eigenvalue weighted by Gasteiger charge is 2.75. The van der Waals surface area contributed by atoms with Crippen LogP contribution >= 0.6 is 0 Å². The minimum absolute atomic E-state index is 0.201. The van der Waals surface area contributed by atoms with Gasteiger partial charge in [0.15, 0.2) is 11.4 Å². The number of amides is 2. The molecule has 5 rings (SSSR count). The smallest absolute Gasteiger partial charge is 0.415 e. The molecule has 2 atom stereocenters. The summed E-state index contributed by atoms with van der Waals surface area (Å²) in [4.78, 5) is 41.2. The van der Waals surface area contributed by atoms with Crippen molar-refractivity contribution in [2.75, 3.05) is 18.4 Å². The molecule has 9 heteroatoms. The minimum atomic E-state index is -1.34. The summed E-state index contributed by atoms with van der Waals surface area (Å²) in [5.74, 6) is -0.919. The maximum absolute atomic E-state index is 14.0. The van der Waals surface area contributed by atoms with E-state index < -0.39 is 28.4 Å². The van der Waals surface area contributed by atoms with E-state index in [-0.39, 0.29) is 17.5 Å². The topological polar surface area (TPSA) is 89.9 Å². The molecule has 1 saturated heterocycles. The molecule has 1 unspecified atom stereocenters. The minimum Gasteiger partial charge on any atom is -0.448 e. The van der Waals surface area contributed by atoms with Gasteiger partial charge in [-0.05, 0) is 69.5 Å². The lowest BCUT2D eigenvalue weighted by atomic mass is 9.66. The van der Waals surface area contributed by atoms with E-state index in [0.29, 0.717) is 43.5 Å². The number of nitrogens with zero attached hydrogens (tertiary/aromatic N) is 2. The van der Waals surface area contributed by atoms with Crippen molar-refractivity contribution in [2.24, 2.45) is 10.8 Å². The molecule has 0 radical (unpaired) electrons. The number of rotatable bonds is 7. The molecular formula is C30H34FN3O5. The number of ether oxygens (including phenoxy) is 2. The van der Waals surface area contributed by atoms with Crippen molar-refractivity contribution in [2.45, 2.75) is 59.6 Å². The SMILES string of the molecule is CCN(CC)C(=O)Oc1ccc2c(ccn2Cc2ccc(F)cc2)c1NC(=O)C12CC[C@@](C)(C(=O)O1)C2(C)C. The second-order valence-corrected chi connectivity index (χ2v) is 11.1. The molecule has 2 amide bonds. The highest BCUT2D eigenvalue weighted by Crippen LogP contribution is 2.65. The molecule has 2 fully saturated rings. The summed E-state index contributed by atoms with van der Waals surface area (Å²) in [5, 5.41) is 3.66. The largest absolute Gasteiger partial charge is 0.448 e. The molecule has 1 aromatic heterocycles. The summed E-state index contributed by atoms with van der Waals surface area (Å²) in [5.41, 5.74) is -0.807. The molecule has 2 heterocycles. The number of carbonyl (C=O) groups is 3. The van der Waals surface area contributed by atoms with E-state index in [9.17, 15) is 18.8 Å². The number of benzene rings is 2. The van der Waals surface area contributed by atoms with Crippen molar-refractivity contribution in [3.05, 3.63) is 60.0 Å². The van der Waals surface area contributed by atoms with E-state index in [2.05, 4.69) is 5.32 Å². The number of hydrogen-bond acceptors (Lipinski definition) is 5. The Balaban J connectivity index is 1.55. The van der Waals surface area contributed by atoms with Crippen LogP contribution in [0.5, 0.6) is 5.75 Å². The molecule has 206 valence electrons. The van der Waals surface area contributed by atoms with Crippen LogP contribution in [0.4, 0.5) is 14.9 Å². The van der Waals surface area contributed by atoms with Crippen molar-refractivity contribution in [1.82, 2.24) is 9.47 Å². The Hall–Kier alpha value is -3.88. The van der Waals surface area contributed by atoms with Gasteiger partial charge in [0, 0.05) is 36.6 Å². The van der Waals surface area contributed by atoms with Crippen LogP contribution in [0, 0.1) is 16.6 Å². The Kier molecular flexibility index (Phi) is 6.44. The predicted octanol–water partition coefficient (Wildman–Crippen LogP) is 5.73. The first kappa shape index (κ1) is 26.7. The zero-order valence-corrected chi connectivity index (χ0v) is 23.0. The maximum Gasteiger partial charge on any atom is 0.415 e. The second-order valence-electron chi connectivity index (χ2n) is 11.1. The molecule has 39 heavy (non-hydrogen) atoms. The number of hydrogen-bond donors (Lipinski definition) is 1. The van der Waals surface area contributed by atoms with Gasteiger partial charge in [0.05, 0.1) is 16.6 Å². The van der Waals surface area contributed by atoms with Crippen molar-refractivity contribution >= 4 is 34.6 Å². The molecule has 3 aromatic rings. The number of carbonyl (C=O) groups excluding carboxylic acids is 3. The highest BCUT2D eigenvalue weighted by atomic mass is 19.1. The summed E-state index contributed by atoms with van der Waals surface area (Å²) < 4.78 is 27.0. The first-order valence-corrected chi connectivity index (χ1v) is 13.4. The summed E-state index contributed by atoms with van der Waals surface area (Å²) in [7, 11) is 0. The van der Waals surface area contributed by atoms with E-state index in [1.165, 1.54) is 12.1 Å². The molecule has 2 aromatic carbocycles. The van der Waals surface area contributed by atoms with E-state index in [0.717, 1.165) is 11.1 Å². The average molecular weight is 536 g/mol. The van der Waals surface area contributed by atoms with Crippen LogP contribution in [0.3, 0.4) is 0 Å². The summed E-state index contributed by atoms with van der Waals surface area (Å²) in [6.45, 7) is 10.8. The van der Waals surface area contributed by atoms with Gasteiger partial charge in [0.25, 0.3) is 5.91 Å². The summed E-state index contributed by atoms with van der Waals surface area (Å²) >= 11 is 0. The van der Waals surface area contributed by atoms with Gasteiger partial charge in [-0.25, -0.2) is 9.18 Å². The maximum atomic E-state index is 14.0.